The van der Waals surface area contributed by atoms with Crippen molar-refractivity contribution in [3.8, 4) is 0 Å². The van der Waals surface area contributed by atoms with Crippen molar-refractivity contribution in [1.29, 1.82) is 0 Å². The highest BCUT2D eigenvalue weighted by molar-refractivity contribution is 6.01. The molecule has 1 aliphatic heterocycles. The van der Waals surface area contributed by atoms with Gasteiger partial charge in [0.25, 0.3) is 11.4 Å². The van der Waals surface area contributed by atoms with Crippen LogP contribution in [0.4, 0.5) is 0 Å². The Kier molecular flexibility index (Phi) is 2.93. The maximum absolute atomic E-state index is 10.3. The van der Waals surface area contributed by atoms with E-state index in [0.29, 0.717) is 6.42 Å². The fourth-order valence-corrected chi connectivity index (χ4v) is 2.35. The van der Waals surface area contributed by atoms with E-state index in [-0.39, 0.29) is 6.04 Å². The number of benzene rings is 1. The van der Waals surface area contributed by atoms with E-state index in [1.165, 1.54) is 9.80 Å². The molecule has 0 radical (unpaired) electrons. The first-order valence-electron chi connectivity index (χ1n) is 5.92. The van der Waals surface area contributed by atoms with Gasteiger partial charge in [-0.3, -0.25) is 5.21 Å². The molecule has 0 bridgehead atoms. The van der Waals surface area contributed by atoms with Crippen molar-refractivity contribution in [2.75, 3.05) is 0 Å². The van der Waals surface area contributed by atoms with Crippen molar-refractivity contribution < 1.29 is 15.2 Å². The molecule has 2 atom stereocenters. The lowest BCUT2D eigenvalue weighted by atomic mass is 10.1. The summed E-state index contributed by atoms with van der Waals surface area (Å²) in [7, 11) is 0. The zero-order chi connectivity index (χ0) is 12.6. The van der Waals surface area contributed by atoms with Crippen molar-refractivity contribution >= 4 is 5.71 Å². The maximum atomic E-state index is 10.3. The van der Waals surface area contributed by atoms with Gasteiger partial charge in [0, 0.05) is 18.9 Å². The monoisotopic (exact) mass is 235 g/mol. The molecule has 1 aromatic rings. The topological polar surface area (TPSA) is 46.7 Å². The van der Waals surface area contributed by atoms with E-state index in [1.54, 1.807) is 0 Å². The lowest BCUT2D eigenvalue weighted by Gasteiger charge is -2.23. The van der Waals surface area contributed by atoms with Gasteiger partial charge in [0.1, 0.15) is 6.04 Å². The maximum Gasteiger partial charge on any atom is 0.285 e. The largest absolute Gasteiger partial charge is 0.307 e. The fourth-order valence-electron chi connectivity index (χ4n) is 2.35. The van der Waals surface area contributed by atoms with Crippen LogP contribution in [0.2, 0.25) is 0 Å². The Labute approximate surface area is 101 Å². The molecular weight excluding hydrogens is 216 g/mol. The molecule has 0 aliphatic carbocycles. The average molecular weight is 235 g/mol. The molecule has 2 unspecified atom stereocenters. The molecule has 0 saturated carbocycles. The smallest absolute Gasteiger partial charge is 0.285 e. The van der Waals surface area contributed by atoms with Crippen LogP contribution in [0.25, 0.3) is 0 Å². The second kappa shape index (κ2) is 4.13. The van der Waals surface area contributed by atoms with E-state index in [2.05, 4.69) is 0 Å². The minimum absolute atomic E-state index is 0.229. The van der Waals surface area contributed by atoms with Crippen molar-refractivity contribution in [2.24, 2.45) is 0 Å². The number of hydrogen-bond donors (Lipinski definition) is 2. The van der Waals surface area contributed by atoms with Gasteiger partial charge in [-0.1, -0.05) is 25.1 Å². The Morgan fingerprint density at radius 1 is 1.35 bits per heavy atom. The minimum Gasteiger partial charge on any atom is -0.307 e. The average Bonchev–Trinajstić information content (AvgIpc) is 2.53. The summed E-state index contributed by atoms with van der Waals surface area (Å²) >= 11 is 0. The van der Waals surface area contributed by atoms with Gasteiger partial charge in [0.05, 0.1) is 0 Å². The van der Waals surface area contributed by atoms with Gasteiger partial charge in [0.15, 0.2) is 0 Å². The molecule has 0 fully saturated rings. The summed E-state index contributed by atoms with van der Waals surface area (Å²) in [5.41, 5.74) is 0.904. The number of nitrogens with zero attached hydrogens (tertiary/aromatic N) is 2. The van der Waals surface area contributed by atoms with Crippen LogP contribution in [0.5, 0.6) is 0 Å². The van der Waals surface area contributed by atoms with Crippen molar-refractivity contribution in [2.45, 2.75) is 38.9 Å². The molecule has 4 heteroatoms. The Balaban J connectivity index is 2.53. The molecule has 1 aliphatic rings. The zero-order valence-corrected chi connectivity index (χ0v) is 10.5. The molecular formula is C13H19N2O2+. The third-order valence-corrected chi connectivity index (χ3v) is 3.68. The van der Waals surface area contributed by atoms with Crippen LogP contribution < -0.4 is 0 Å². The van der Waals surface area contributed by atoms with E-state index in [0.717, 1.165) is 11.3 Å². The Morgan fingerprint density at radius 2 is 1.94 bits per heavy atom. The molecule has 0 saturated heterocycles. The molecule has 2 N–H and O–H groups in total. The Bertz CT molecular complexity index is 444. The van der Waals surface area contributed by atoms with E-state index in [1.807, 2.05) is 51.1 Å². The van der Waals surface area contributed by atoms with Crippen LogP contribution >= 0.6 is 0 Å². The summed E-state index contributed by atoms with van der Waals surface area (Å²) in [6, 6.07) is 9.42. The fraction of sp³-hybridized carbons (Fsp3) is 0.462. The molecule has 92 valence electrons. The van der Waals surface area contributed by atoms with E-state index >= 15 is 0 Å². The van der Waals surface area contributed by atoms with Crippen LogP contribution in [-0.2, 0) is 0 Å². The minimum atomic E-state index is -0.759. The van der Waals surface area contributed by atoms with Crippen molar-refractivity contribution in [1.82, 2.24) is 5.06 Å². The molecule has 0 aromatic heterocycles. The predicted molar refractivity (Wildman–Crippen MR) is 64.4 cm³/mol. The standard InChI is InChI=1S/C13H19N2O2/c1-4-13(3)14(16)10(2)12(15(13)17)11-8-6-5-7-9-11/h5-10,16-17H,4H2,1-3H3/q+1. The Morgan fingerprint density at radius 3 is 2.41 bits per heavy atom. The van der Waals surface area contributed by atoms with Gasteiger partial charge in [-0.25, -0.2) is 0 Å². The van der Waals surface area contributed by atoms with E-state index in [9.17, 15) is 10.4 Å². The van der Waals surface area contributed by atoms with Crippen LogP contribution in [0, 0.1) is 0 Å². The molecule has 1 heterocycles. The van der Waals surface area contributed by atoms with Gasteiger partial charge >= 0.3 is 0 Å². The second-order valence-electron chi connectivity index (χ2n) is 4.65. The highest BCUT2D eigenvalue weighted by Gasteiger charge is 2.55. The van der Waals surface area contributed by atoms with E-state index in [4.69, 9.17) is 0 Å². The predicted octanol–water partition coefficient (Wildman–Crippen LogP) is 2.10. The summed E-state index contributed by atoms with van der Waals surface area (Å²) in [5.74, 6) is 0. The summed E-state index contributed by atoms with van der Waals surface area (Å²) < 4.78 is 1.19. The second-order valence-corrected chi connectivity index (χ2v) is 4.65. The number of hydrogen-bond acceptors (Lipinski definition) is 3. The number of hydroxylamine groups is 3. The normalized spacial score (nSPS) is 30.0. The highest BCUT2D eigenvalue weighted by atomic mass is 16.6. The summed E-state index contributed by atoms with van der Waals surface area (Å²) in [6.07, 6.45) is 0.626. The van der Waals surface area contributed by atoms with Crippen LogP contribution in [0.15, 0.2) is 30.3 Å². The molecule has 0 spiro atoms. The SMILES string of the molecule is CCC1(C)N(O)C(C)C(c2ccccc2)=[N+]1O. The van der Waals surface area contributed by atoms with Gasteiger partial charge in [-0.2, -0.15) is 0 Å². The van der Waals surface area contributed by atoms with E-state index < -0.39 is 5.66 Å². The summed E-state index contributed by atoms with van der Waals surface area (Å²) in [6.45, 7) is 5.64. The highest BCUT2D eigenvalue weighted by Crippen LogP contribution is 2.29. The molecule has 1 aromatic carbocycles. The third-order valence-electron chi connectivity index (χ3n) is 3.68. The Hall–Kier alpha value is -1.39. The lowest BCUT2D eigenvalue weighted by Crippen LogP contribution is -2.48. The third kappa shape index (κ3) is 1.64. The first-order chi connectivity index (χ1) is 8.02. The van der Waals surface area contributed by atoms with Crippen LogP contribution in [0.1, 0.15) is 32.8 Å². The first kappa shape index (κ1) is 12.1. The van der Waals surface area contributed by atoms with Gasteiger partial charge in [-0.05, 0) is 23.8 Å². The molecule has 2 rings (SSSR count). The molecule has 4 nitrogen and oxygen atoms in total. The van der Waals surface area contributed by atoms with Gasteiger partial charge in [-0.15, -0.1) is 5.06 Å². The molecule has 17 heavy (non-hydrogen) atoms. The first-order valence-corrected chi connectivity index (χ1v) is 5.92. The summed E-state index contributed by atoms with van der Waals surface area (Å²) in [5, 5.41) is 21.6. The van der Waals surface area contributed by atoms with Crippen LogP contribution in [0.3, 0.4) is 0 Å². The lowest BCUT2D eigenvalue weighted by molar-refractivity contribution is -0.838. The van der Waals surface area contributed by atoms with Crippen LogP contribution in [-0.4, -0.2) is 37.6 Å². The molecule has 0 amide bonds. The zero-order valence-electron chi connectivity index (χ0n) is 10.5. The van der Waals surface area contributed by atoms with Crippen molar-refractivity contribution in [3.63, 3.8) is 0 Å². The quantitative estimate of drug-likeness (QED) is 0.609. The van der Waals surface area contributed by atoms with Gasteiger partial charge in [0.2, 0.25) is 0 Å². The summed E-state index contributed by atoms with van der Waals surface area (Å²) in [4.78, 5) is 0. The number of rotatable bonds is 2. The van der Waals surface area contributed by atoms with Gasteiger partial charge < -0.3 is 5.21 Å². The van der Waals surface area contributed by atoms with Crippen molar-refractivity contribution in [3.05, 3.63) is 35.9 Å².